The molecule has 164 valence electrons. The first-order chi connectivity index (χ1) is 15.7. The maximum atomic E-state index is 13.6. The third-order valence-corrected chi connectivity index (χ3v) is 6.50. The average molecular weight is 431 g/mol. The number of hydrogen-bond donors (Lipinski definition) is 0. The minimum Gasteiger partial charge on any atom is -0.490 e. The second kappa shape index (κ2) is 8.61. The van der Waals surface area contributed by atoms with Crippen molar-refractivity contribution in [2.24, 2.45) is 5.92 Å². The molecule has 32 heavy (non-hydrogen) atoms. The van der Waals surface area contributed by atoms with Gasteiger partial charge in [-0.05, 0) is 48.6 Å². The predicted molar refractivity (Wildman–Crippen MR) is 119 cm³/mol. The van der Waals surface area contributed by atoms with E-state index in [1.807, 2.05) is 36.4 Å². The summed E-state index contributed by atoms with van der Waals surface area (Å²) in [7, 11) is 0. The lowest BCUT2D eigenvalue weighted by atomic mass is 9.77. The SMILES string of the molecule is C=CCOc1ccc(C2C3=C(OC4CCCCC4C3=O)C(=O)N2Cc2cccnc2)cc1. The summed E-state index contributed by atoms with van der Waals surface area (Å²) < 4.78 is 11.8. The van der Waals surface area contributed by atoms with E-state index in [1.54, 1.807) is 23.4 Å². The zero-order valence-corrected chi connectivity index (χ0v) is 17.9. The van der Waals surface area contributed by atoms with Crippen molar-refractivity contribution in [2.45, 2.75) is 44.4 Å². The second-order valence-electron chi connectivity index (χ2n) is 8.52. The van der Waals surface area contributed by atoms with E-state index in [4.69, 9.17) is 9.47 Å². The summed E-state index contributed by atoms with van der Waals surface area (Å²) in [6, 6.07) is 10.9. The van der Waals surface area contributed by atoms with Gasteiger partial charge in [-0.15, -0.1) is 0 Å². The van der Waals surface area contributed by atoms with Gasteiger partial charge >= 0.3 is 0 Å². The number of ketones is 1. The highest BCUT2D eigenvalue weighted by molar-refractivity contribution is 6.11. The lowest BCUT2D eigenvalue weighted by molar-refractivity contribution is -0.135. The van der Waals surface area contributed by atoms with Crippen LogP contribution in [0.1, 0.15) is 42.9 Å². The number of hydrogen-bond acceptors (Lipinski definition) is 5. The summed E-state index contributed by atoms with van der Waals surface area (Å²) in [5, 5.41) is 0. The van der Waals surface area contributed by atoms with Crippen LogP contribution in [0.2, 0.25) is 0 Å². The molecule has 1 fully saturated rings. The summed E-state index contributed by atoms with van der Waals surface area (Å²) in [5.41, 5.74) is 2.27. The number of amides is 1. The summed E-state index contributed by atoms with van der Waals surface area (Å²) in [6.07, 6.45) is 8.64. The zero-order valence-electron chi connectivity index (χ0n) is 17.9. The number of Topliss-reactive ketones (excluding diaryl/α,β-unsaturated/α-hetero) is 1. The first kappa shape index (κ1) is 20.5. The summed E-state index contributed by atoms with van der Waals surface area (Å²) in [6.45, 7) is 4.44. The van der Waals surface area contributed by atoms with Crippen molar-refractivity contribution in [1.82, 2.24) is 9.88 Å². The van der Waals surface area contributed by atoms with Crippen molar-refractivity contribution in [3.8, 4) is 5.75 Å². The molecule has 3 atom stereocenters. The van der Waals surface area contributed by atoms with Gasteiger partial charge in [0.25, 0.3) is 5.91 Å². The van der Waals surface area contributed by atoms with Crippen molar-refractivity contribution in [2.75, 3.05) is 6.61 Å². The normalized spacial score (nSPS) is 24.6. The molecular weight excluding hydrogens is 404 g/mol. The van der Waals surface area contributed by atoms with E-state index in [1.165, 1.54) is 0 Å². The fraction of sp³-hybridized carbons (Fsp3) is 0.346. The van der Waals surface area contributed by atoms with Gasteiger partial charge in [-0.3, -0.25) is 14.6 Å². The topological polar surface area (TPSA) is 68.7 Å². The Balaban J connectivity index is 1.53. The van der Waals surface area contributed by atoms with E-state index in [2.05, 4.69) is 11.6 Å². The molecule has 3 heterocycles. The Kier molecular flexibility index (Phi) is 5.52. The number of fused-ring (bicyclic) bond motifs is 1. The molecule has 1 aliphatic carbocycles. The average Bonchev–Trinajstić information content (AvgIpc) is 3.10. The van der Waals surface area contributed by atoms with Gasteiger partial charge in [0.15, 0.2) is 11.5 Å². The number of pyridine rings is 1. The minimum atomic E-state index is -0.485. The van der Waals surface area contributed by atoms with Crippen LogP contribution in [-0.4, -0.2) is 34.3 Å². The van der Waals surface area contributed by atoms with Gasteiger partial charge in [-0.25, -0.2) is 0 Å². The Morgan fingerprint density at radius 2 is 1.97 bits per heavy atom. The molecule has 5 rings (SSSR count). The number of rotatable bonds is 6. The number of ether oxygens (including phenoxy) is 2. The number of carbonyl (C=O) groups excluding carboxylic acids is 2. The van der Waals surface area contributed by atoms with E-state index in [9.17, 15) is 9.59 Å². The molecule has 1 saturated carbocycles. The van der Waals surface area contributed by atoms with Crippen LogP contribution >= 0.6 is 0 Å². The van der Waals surface area contributed by atoms with Crippen LogP contribution in [0.25, 0.3) is 0 Å². The van der Waals surface area contributed by atoms with Crippen LogP contribution in [0, 0.1) is 5.92 Å². The number of benzene rings is 1. The Bertz CT molecular complexity index is 1060. The van der Waals surface area contributed by atoms with Gasteiger partial charge in [0.2, 0.25) is 0 Å². The van der Waals surface area contributed by atoms with Gasteiger partial charge in [0.05, 0.1) is 17.5 Å². The van der Waals surface area contributed by atoms with E-state index in [0.29, 0.717) is 24.5 Å². The van der Waals surface area contributed by atoms with Crippen LogP contribution in [-0.2, 0) is 20.9 Å². The van der Waals surface area contributed by atoms with Gasteiger partial charge in [0.1, 0.15) is 18.5 Å². The molecule has 1 amide bonds. The third kappa shape index (κ3) is 3.60. The molecule has 0 saturated heterocycles. The van der Waals surface area contributed by atoms with Gasteiger partial charge in [-0.2, -0.15) is 0 Å². The van der Waals surface area contributed by atoms with Crippen molar-refractivity contribution in [3.63, 3.8) is 0 Å². The maximum absolute atomic E-state index is 13.6. The van der Waals surface area contributed by atoms with Crippen LogP contribution in [0.15, 0.2) is 72.8 Å². The second-order valence-corrected chi connectivity index (χ2v) is 8.52. The fourth-order valence-corrected chi connectivity index (χ4v) is 4.99. The summed E-state index contributed by atoms with van der Waals surface area (Å²) >= 11 is 0. The molecular formula is C26H26N2O4. The molecule has 3 unspecified atom stereocenters. The number of carbonyl (C=O) groups is 2. The number of nitrogens with zero attached hydrogens (tertiary/aromatic N) is 2. The first-order valence-electron chi connectivity index (χ1n) is 11.2. The summed E-state index contributed by atoms with van der Waals surface area (Å²) in [4.78, 5) is 33.0. The van der Waals surface area contributed by atoms with Crippen LogP contribution < -0.4 is 4.74 Å². The first-order valence-corrected chi connectivity index (χ1v) is 11.2. The van der Waals surface area contributed by atoms with Crippen molar-refractivity contribution < 1.29 is 19.1 Å². The smallest absolute Gasteiger partial charge is 0.290 e. The van der Waals surface area contributed by atoms with E-state index < -0.39 is 6.04 Å². The van der Waals surface area contributed by atoms with Gasteiger partial charge in [0, 0.05) is 18.9 Å². The number of aromatic nitrogens is 1. The Morgan fingerprint density at radius 1 is 1.16 bits per heavy atom. The highest BCUT2D eigenvalue weighted by atomic mass is 16.5. The van der Waals surface area contributed by atoms with E-state index >= 15 is 0 Å². The zero-order chi connectivity index (χ0) is 22.1. The van der Waals surface area contributed by atoms with Crippen LogP contribution in [0.3, 0.4) is 0 Å². The molecule has 0 spiro atoms. The molecule has 2 aromatic rings. The maximum Gasteiger partial charge on any atom is 0.290 e. The van der Waals surface area contributed by atoms with Gasteiger partial charge < -0.3 is 14.4 Å². The van der Waals surface area contributed by atoms with Gasteiger partial charge in [-0.1, -0.05) is 37.3 Å². The molecule has 6 nitrogen and oxygen atoms in total. The lowest BCUT2D eigenvalue weighted by Crippen LogP contribution is -2.39. The highest BCUT2D eigenvalue weighted by Crippen LogP contribution is 2.47. The summed E-state index contributed by atoms with van der Waals surface area (Å²) in [5.74, 6) is 0.628. The molecule has 6 heteroatoms. The van der Waals surface area contributed by atoms with Crippen LogP contribution in [0.5, 0.6) is 5.75 Å². The predicted octanol–water partition coefficient (Wildman–Crippen LogP) is 4.14. The van der Waals surface area contributed by atoms with Crippen molar-refractivity contribution in [1.29, 1.82) is 0 Å². The molecule has 0 N–H and O–H groups in total. The molecule has 3 aliphatic rings. The molecule has 1 aromatic heterocycles. The minimum absolute atomic E-state index is 0.0648. The van der Waals surface area contributed by atoms with Crippen LogP contribution in [0.4, 0.5) is 0 Å². The Labute approximate surface area is 187 Å². The fourth-order valence-electron chi connectivity index (χ4n) is 4.99. The monoisotopic (exact) mass is 430 g/mol. The van der Waals surface area contributed by atoms with E-state index in [0.717, 1.165) is 36.8 Å². The van der Waals surface area contributed by atoms with Crippen molar-refractivity contribution in [3.05, 3.63) is 83.9 Å². The molecule has 0 radical (unpaired) electrons. The highest BCUT2D eigenvalue weighted by Gasteiger charge is 2.51. The molecule has 0 bridgehead atoms. The molecule has 1 aromatic carbocycles. The quantitative estimate of drug-likeness (QED) is 0.644. The Morgan fingerprint density at radius 3 is 2.72 bits per heavy atom. The largest absolute Gasteiger partial charge is 0.490 e. The lowest BCUT2D eigenvalue weighted by Gasteiger charge is -2.35. The van der Waals surface area contributed by atoms with E-state index in [-0.39, 0.29) is 29.5 Å². The standard InChI is InChI=1S/C26H26N2O4/c1-2-14-31-19-11-9-18(10-12-19)23-22-24(29)20-7-3-4-8-21(20)32-25(22)26(30)28(23)16-17-6-5-13-27-15-17/h2,5-6,9-13,15,20-21,23H,1,3-4,7-8,14,16H2. The third-order valence-electron chi connectivity index (χ3n) is 6.50. The van der Waals surface area contributed by atoms with Crippen molar-refractivity contribution >= 4 is 11.7 Å². The Hall–Kier alpha value is -3.41. The molecule has 2 aliphatic heterocycles.